The molecule has 1 aromatic heterocycles. The van der Waals surface area contributed by atoms with Crippen LogP contribution in [0.1, 0.15) is 43.8 Å². The van der Waals surface area contributed by atoms with Gasteiger partial charge in [-0.05, 0) is 35.7 Å². The number of hydrogen-bond donors (Lipinski definition) is 1. The Hall–Kier alpha value is -0.510. The fraction of sp³-hybridized carbons (Fsp3) is 0.700. The van der Waals surface area contributed by atoms with Gasteiger partial charge in [0.25, 0.3) is 5.56 Å². The summed E-state index contributed by atoms with van der Waals surface area (Å²) in [6, 6.07) is 0.390. The summed E-state index contributed by atoms with van der Waals surface area (Å²) in [5.41, 5.74) is 1.02. The lowest BCUT2D eigenvalue weighted by Crippen LogP contribution is -2.24. The molecule has 1 aliphatic rings. The Bertz CT molecular complexity index is 374. The number of nitrogens with one attached hydrogen (secondary N) is 1. The Morgan fingerprint density at radius 1 is 1.36 bits per heavy atom. The molecule has 1 fully saturated rings. The summed E-state index contributed by atoms with van der Waals surface area (Å²) in [5.74, 6) is 0. The average Bonchev–Trinajstić information content (AvgIpc) is 2.47. The molecule has 0 amide bonds. The lowest BCUT2D eigenvalue weighted by atomic mass is 9.96. The number of nitrogens with zero attached hydrogens (tertiary/aromatic N) is 1. The first-order valence-corrected chi connectivity index (χ1v) is 5.96. The Morgan fingerprint density at radius 3 is 2.50 bits per heavy atom. The fourth-order valence-electron chi connectivity index (χ4n) is 2.14. The molecule has 78 valence electrons. The van der Waals surface area contributed by atoms with Gasteiger partial charge >= 0.3 is 0 Å². The van der Waals surface area contributed by atoms with Crippen molar-refractivity contribution in [3.8, 4) is 0 Å². The molecule has 2 rings (SSSR count). The SMILES string of the molecule is Cc1[nH]n(C2CCCCC2)c(=O)c1Br. The number of H-pyrrole nitrogens is 1. The highest BCUT2D eigenvalue weighted by Gasteiger charge is 2.19. The van der Waals surface area contributed by atoms with Gasteiger partial charge in [0.15, 0.2) is 0 Å². The molecule has 14 heavy (non-hydrogen) atoms. The molecule has 0 atom stereocenters. The Labute approximate surface area is 91.6 Å². The second-order valence-corrected chi connectivity index (χ2v) is 4.81. The van der Waals surface area contributed by atoms with Crippen molar-refractivity contribution in [1.82, 2.24) is 9.78 Å². The van der Waals surface area contributed by atoms with Crippen molar-refractivity contribution in [2.45, 2.75) is 45.1 Å². The maximum Gasteiger partial charge on any atom is 0.281 e. The molecule has 0 spiro atoms. The van der Waals surface area contributed by atoms with Crippen molar-refractivity contribution in [2.75, 3.05) is 0 Å². The highest BCUT2D eigenvalue weighted by atomic mass is 79.9. The Kier molecular flexibility index (Phi) is 2.81. The first-order chi connectivity index (χ1) is 6.70. The van der Waals surface area contributed by atoms with Gasteiger partial charge in [0.05, 0.1) is 6.04 Å². The minimum atomic E-state index is 0.0920. The van der Waals surface area contributed by atoms with Crippen LogP contribution in [0.4, 0.5) is 0 Å². The van der Waals surface area contributed by atoms with Gasteiger partial charge < -0.3 is 0 Å². The fourth-order valence-corrected chi connectivity index (χ4v) is 2.42. The third kappa shape index (κ3) is 1.67. The summed E-state index contributed by atoms with van der Waals surface area (Å²) in [6.45, 7) is 1.92. The zero-order valence-corrected chi connectivity index (χ0v) is 9.93. The van der Waals surface area contributed by atoms with Crippen molar-refractivity contribution in [3.05, 3.63) is 20.5 Å². The zero-order valence-electron chi connectivity index (χ0n) is 8.35. The van der Waals surface area contributed by atoms with Gasteiger partial charge in [0, 0.05) is 5.69 Å². The van der Waals surface area contributed by atoms with Gasteiger partial charge in [-0.15, -0.1) is 0 Å². The van der Waals surface area contributed by atoms with Crippen LogP contribution in [-0.4, -0.2) is 9.78 Å². The van der Waals surface area contributed by atoms with Gasteiger partial charge in [-0.25, -0.2) is 4.68 Å². The summed E-state index contributed by atoms with van der Waals surface area (Å²) in [5, 5.41) is 3.14. The van der Waals surface area contributed by atoms with E-state index in [1.807, 2.05) is 6.92 Å². The first-order valence-electron chi connectivity index (χ1n) is 5.17. The maximum absolute atomic E-state index is 11.8. The molecule has 1 heterocycles. The molecule has 1 aliphatic carbocycles. The molecule has 1 aromatic rings. The van der Waals surface area contributed by atoms with E-state index in [2.05, 4.69) is 21.0 Å². The summed E-state index contributed by atoms with van der Waals surface area (Å²) in [4.78, 5) is 11.8. The molecule has 1 N–H and O–H groups in total. The van der Waals surface area contributed by atoms with E-state index in [0.29, 0.717) is 10.5 Å². The molecule has 0 unspecified atom stereocenters. The minimum Gasteiger partial charge on any atom is -0.299 e. The topological polar surface area (TPSA) is 37.8 Å². The van der Waals surface area contributed by atoms with E-state index in [9.17, 15) is 4.79 Å². The van der Waals surface area contributed by atoms with Crippen LogP contribution in [0.5, 0.6) is 0 Å². The van der Waals surface area contributed by atoms with Crippen molar-refractivity contribution in [2.24, 2.45) is 0 Å². The van der Waals surface area contributed by atoms with Crippen LogP contribution >= 0.6 is 15.9 Å². The van der Waals surface area contributed by atoms with E-state index in [4.69, 9.17) is 0 Å². The van der Waals surface area contributed by atoms with E-state index < -0.39 is 0 Å². The van der Waals surface area contributed by atoms with Crippen LogP contribution in [0.25, 0.3) is 0 Å². The maximum atomic E-state index is 11.8. The monoisotopic (exact) mass is 258 g/mol. The third-order valence-corrected chi connectivity index (χ3v) is 3.90. The lowest BCUT2D eigenvalue weighted by Gasteiger charge is -2.21. The smallest absolute Gasteiger partial charge is 0.281 e. The average molecular weight is 259 g/mol. The predicted octanol–water partition coefficient (Wildman–Crippen LogP) is 2.75. The molecule has 0 bridgehead atoms. The number of aromatic amines is 1. The van der Waals surface area contributed by atoms with Crippen LogP contribution < -0.4 is 5.56 Å². The van der Waals surface area contributed by atoms with Crippen molar-refractivity contribution in [3.63, 3.8) is 0 Å². The van der Waals surface area contributed by atoms with Crippen LogP contribution in [0.2, 0.25) is 0 Å². The van der Waals surface area contributed by atoms with E-state index in [1.165, 1.54) is 19.3 Å². The molecule has 0 aliphatic heterocycles. The quantitative estimate of drug-likeness (QED) is 0.827. The minimum absolute atomic E-state index is 0.0920. The summed E-state index contributed by atoms with van der Waals surface area (Å²) >= 11 is 3.30. The van der Waals surface area contributed by atoms with Crippen molar-refractivity contribution >= 4 is 15.9 Å². The van der Waals surface area contributed by atoms with Gasteiger partial charge in [-0.3, -0.25) is 9.89 Å². The molecule has 0 radical (unpaired) electrons. The molecular weight excluding hydrogens is 244 g/mol. The van der Waals surface area contributed by atoms with E-state index in [0.717, 1.165) is 18.5 Å². The number of aryl methyl sites for hydroxylation is 1. The molecule has 1 saturated carbocycles. The highest BCUT2D eigenvalue weighted by molar-refractivity contribution is 9.10. The van der Waals surface area contributed by atoms with Crippen molar-refractivity contribution < 1.29 is 0 Å². The van der Waals surface area contributed by atoms with Gasteiger partial charge in [-0.1, -0.05) is 19.3 Å². The normalized spacial score (nSPS) is 18.7. The van der Waals surface area contributed by atoms with Crippen LogP contribution in [0.3, 0.4) is 0 Å². The molecule has 0 saturated heterocycles. The number of halogens is 1. The largest absolute Gasteiger partial charge is 0.299 e. The second kappa shape index (κ2) is 3.93. The van der Waals surface area contributed by atoms with Crippen LogP contribution in [-0.2, 0) is 0 Å². The van der Waals surface area contributed by atoms with Crippen LogP contribution in [0.15, 0.2) is 9.27 Å². The molecule has 4 heteroatoms. The number of hydrogen-bond acceptors (Lipinski definition) is 1. The zero-order chi connectivity index (χ0) is 10.1. The summed E-state index contributed by atoms with van der Waals surface area (Å²) < 4.78 is 2.47. The predicted molar refractivity (Wildman–Crippen MR) is 59.6 cm³/mol. The van der Waals surface area contributed by atoms with E-state index in [1.54, 1.807) is 4.68 Å². The Morgan fingerprint density at radius 2 is 2.00 bits per heavy atom. The molecule has 0 aromatic carbocycles. The molecular formula is C10H15BrN2O. The molecule has 3 nitrogen and oxygen atoms in total. The van der Waals surface area contributed by atoms with Gasteiger partial charge in [-0.2, -0.15) is 0 Å². The van der Waals surface area contributed by atoms with Crippen LogP contribution in [0, 0.1) is 6.92 Å². The second-order valence-electron chi connectivity index (χ2n) is 4.02. The standard InChI is InChI=1S/C10H15BrN2O/c1-7-9(11)10(14)13(12-7)8-5-3-2-4-6-8/h8,12H,2-6H2,1H3. The number of rotatable bonds is 1. The van der Waals surface area contributed by atoms with Crippen molar-refractivity contribution in [1.29, 1.82) is 0 Å². The van der Waals surface area contributed by atoms with Gasteiger partial charge in [0.1, 0.15) is 4.47 Å². The third-order valence-electron chi connectivity index (χ3n) is 2.96. The van der Waals surface area contributed by atoms with Gasteiger partial charge in [0.2, 0.25) is 0 Å². The summed E-state index contributed by atoms with van der Waals surface area (Å²) in [7, 11) is 0. The van der Waals surface area contributed by atoms with E-state index >= 15 is 0 Å². The Balaban J connectivity index is 2.31. The first kappa shape index (κ1) is 10.0. The summed E-state index contributed by atoms with van der Waals surface area (Å²) in [6.07, 6.45) is 6.06. The highest BCUT2D eigenvalue weighted by Crippen LogP contribution is 2.27. The van der Waals surface area contributed by atoms with E-state index in [-0.39, 0.29) is 5.56 Å². The lowest BCUT2D eigenvalue weighted by molar-refractivity contribution is 0.322. The number of aromatic nitrogens is 2.